The number of aromatic nitrogens is 2. The van der Waals surface area contributed by atoms with Gasteiger partial charge in [-0.2, -0.15) is 0 Å². The van der Waals surface area contributed by atoms with Gasteiger partial charge in [-0.3, -0.25) is 0 Å². The molecule has 0 bridgehead atoms. The SMILES string of the molecule is Cc1ccc2nc(Cl)nc(CC(C)(N)CN)c2c1. The van der Waals surface area contributed by atoms with Gasteiger partial charge >= 0.3 is 0 Å². The molecule has 1 atom stereocenters. The second-order valence-corrected chi connectivity index (χ2v) is 5.33. The van der Waals surface area contributed by atoms with Gasteiger partial charge in [-0.05, 0) is 37.6 Å². The van der Waals surface area contributed by atoms with E-state index in [1.54, 1.807) is 0 Å². The van der Waals surface area contributed by atoms with Crippen molar-refractivity contribution in [2.75, 3.05) is 6.54 Å². The Labute approximate surface area is 111 Å². The van der Waals surface area contributed by atoms with E-state index in [4.69, 9.17) is 23.1 Å². The molecule has 0 spiro atoms. The van der Waals surface area contributed by atoms with Crippen molar-refractivity contribution in [2.45, 2.75) is 25.8 Å². The first-order valence-electron chi connectivity index (χ1n) is 5.83. The summed E-state index contributed by atoms with van der Waals surface area (Å²) < 4.78 is 0. The minimum Gasteiger partial charge on any atom is -0.329 e. The lowest BCUT2D eigenvalue weighted by molar-refractivity contribution is 0.474. The minimum atomic E-state index is -0.492. The van der Waals surface area contributed by atoms with Crippen LogP contribution in [-0.2, 0) is 6.42 Å². The molecule has 1 aromatic heterocycles. The standard InChI is InChI=1S/C13H17ClN4/c1-8-3-4-10-9(5-8)11(18-12(14)17-10)6-13(2,16)7-15/h3-5H,6-7,15-16H2,1-2H3. The fraction of sp³-hybridized carbons (Fsp3) is 0.385. The topological polar surface area (TPSA) is 77.8 Å². The third kappa shape index (κ3) is 2.77. The van der Waals surface area contributed by atoms with E-state index in [2.05, 4.69) is 9.97 Å². The van der Waals surface area contributed by atoms with Gasteiger partial charge in [0.2, 0.25) is 5.28 Å². The predicted octanol–water partition coefficient (Wildman–Crippen LogP) is 1.81. The summed E-state index contributed by atoms with van der Waals surface area (Å²) in [5.74, 6) is 0. The van der Waals surface area contributed by atoms with Crippen LogP contribution in [0.15, 0.2) is 18.2 Å². The summed E-state index contributed by atoms with van der Waals surface area (Å²) in [6.45, 7) is 4.33. The molecule has 5 heteroatoms. The fourth-order valence-electron chi connectivity index (χ4n) is 1.86. The van der Waals surface area contributed by atoms with Crippen LogP contribution in [0.4, 0.5) is 0 Å². The molecule has 0 aliphatic rings. The zero-order valence-corrected chi connectivity index (χ0v) is 11.3. The number of halogens is 1. The van der Waals surface area contributed by atoms with Crippen LogP contribution in [0.1, 0.15) is 18.2 Å². The van der Waals surface area contributed by atoms with Crippen molar-refractivity contribution in [1.29, 1.82) is 0 Å². The van der Waals surface area contributed by atoms with Crippen LogP contribution >= 0.6 is 11.6 Å². The van der Waals surface area contributed by atoms with Gasteiger partial charge in [0.25, 0.3) is 0 Å². The average Bonchev–Trinajstić information content (AvgIpc) is 2.29. The van der Waals surface area contributed by atoms with E-state index in [-0.39, 0.29) is 5.28 Å². The predicted molar refractivity (Wildman–Crippen MR) is 74.6 cm³/mol. The smallest absolute Gasteiger partial charge is 0.223 e. The van der Waals surface area contributed by atoms with Crippen LogP contribution < -0.4 is 11.5 Å². The second-order valence-electron chi connectivity index (χ2n) is 4.99. The maximum Gasteiger partial charge on any atom is 0.223 e. The molecular formula is C13H17ClN4. The van der Waals surface area contributed by atoms with Crippen molar-refractivity contribution >= 4 is 22.5 Å². The molecule has 0 radical (unpaired) electrons. The number of aryl methyl sites for hydroxylation is 1. The Morgan fingerprint density at radius 3 is 2.72 bits per heavy atom. The summed E-state index contributed by atoms with van der Waals surface area (Å²) in [7, 11) is 0. The number of benzene rings is 1. The van der Waals surface area contributed by atoms with Crippen LogP contribution in [0.3, 0.4) is 0 Å². The first-order chi connectivity index (χ1) is 8.41. The zero-order chi connectivity index (χ0) is 13.3. The summed E-state index contributed by atoms with van der Waals surface area (Å²) in [6, 6.07) is 5.99. The van der Waals surface area contributed by atoms with E-state index in [0.29, 0.717) is 13.0 Å². The average molecular weight is 265 g/mol. The molecule has 2 aromatic rings. The summed E-state index contributed by atoms with van der Waals surface area (Å²) >= 11 is 5.94. The van der Waals surface area contributed by atoms with Crippen LogP contribution in [0, 0.1) is 6.92 Å². The number of rotatable bonds is 3. The van der Waals surface area contributed by atoms with Crippen molar-refractivity contribution in [3.05, 3.63) is 34.7 Å². The van der Waals surface area contributed by atoms with E-state index >= 15 is 0 Å². The van der Waals surface area contributed by atoms with Crippen LogP contribution in [0.25, 0.3) is 10.9 Å². The van der Waals surface area contributed by atoms with Gasteiger partial charge in [-0.15, -0.1) is 0 Å². The van der Waals surface area contributed by atoms with Crippen molar-refractivity contribution in [3.63, 3.8) is 0 Å². The Kier molecular flexibility index (Phi) is 3.52. The first kappa shape index (κ1) is 13.2. The Morgan fingerprint density at radius 2 is 2.06 bits per heavy atom. The van der Waals surface area contributed by atoms with Gasteiger partial charge in [0.15, 0.2) is 0 Å². The van der Waals surface area contributed by atoms with Crippen molar-refractivity contribution in [2.24, 2.45) is 11.5 Å². The normalized spacial score (nSPS) is 14.7. The maximum atomic E-state index is 6.10. The molecule has 18 heavy (non-hydrogen) atoms. The maximum absolute atomic E-state index is 6.10. The van der Waals surface area contributed by atoms with E-state index in [9.17, 15) is 0 Å². The highest BCUT2D eigenvalue weighted by atomic mass is 35.5. The monoisotopic (exact) mass is 264 g/mol. The van der Waals surface area contributed by atoms with Gasteiger partial charge in [0.1, 0.15) is 0 Å². The van der Waals surface area contributed by atoms with Crippen LogP contribution in [-0.4, -0.2) is 22.1 Å². The Hall–Kier alpha value is -1.23. The third-order valence-corrected chi connectivity index (χ3v) is 3.11. The van der Waals surface area contributed by atoms with Gasteiger partial charge in [0.05, 0.1) is 11.2 Å². The van der Waals surface area contributed by atoms with E-state index in [1.807, 2.05) is 32.0 Å². The van der Waals surface area contributed by atoms with Gasteiger partial charge in [-0.1, -0.05) is 11.6 Å². The minimum absolute atomic E-state index is 0.245. The molecule has 0 aliphatic heterocycles. The van der Waals surface area contributed by atoms with Crippen LogP contribution in [0.5, 0.6) is 0 Å². The molecule has 1 aromatic carbocycles. The highest BCUT2D eigenvalue weighted by Crippen LogP contribution is 2.22. The molecule has 1 unspecified atom stereocenters. The molecule has 2 rings (SSSR count). The molecule has 0 saturated carbocycles. The Morgan fingerprint density at radius 1 is 1.33 bits per heavy atom. The summed E-state index contributed by atoms with van der Waals surface area (Å²) in [4.78, 5) is 8.51. The zero-order valence-electron chi connectivity index (χ0n) is 10.6. The van der Waals surface area contributed by atoms with E-state index in [1.165, 1.54) is 0 Å². The molecule has 0 aliphatic carbocycles. The molecule has 4 nitrogen and oxygen atoms in total. The number of fused-ring (bicyclic) bond motifs is 1. The summed E-state index contributed by atoms with van der Waals surface area (Å²) in [5.41, 5.74) is 14.1. The van der Waals surface area contributed by atoms with Crippen LogP contribution in [0.2, 0.25) is 5.28 Å². The second kappa shape index (κ2) is 4.80. The molecule has 0 fully saturated rings. The van der Waals surface area contributed by atoms with Crippen molar-refractivity contribution in [3.8, 4) is 0 Å². The lowest BCUT2D eigenvalue weighted by atomic mass is 9.95. The lowest BCUT2D eigenvalue weighted by Gasteiger charge is -2.22. The summed E-state index contributed by atoms with van der Waals surface area (Å²) in [5, 5.41) is 1.23. The molecular weight excluding hydrogens is 248 g/mol. The molecule has 4 N–H and O–H groups in total. The van der Waals surface area contributed by atoms with Gasteiger partial charge in [0, 0.05) is 23.9 Å². The summed E-state index contributed by atoms with van der Waals surface area (Å²) in [6.07, 6.45) is 0.575. The van der Waals surface area contributed by atoms with Crippen molar-refractivity contribution < 1.29 is 0 Å². The Bertz CT molecular complexity index is 580. The molecule has 1 heterocycles. The Balaban J connectivity index is 2.58. The number of hydrogen-bond acceptors (Lipinski definition) is 4. The first-order valence-corrected chi connectivity index (χ1v) is 6.21. The van der Waals surface area contributed by atoms with E-state index < -0.39 is 5.54 Å². The van der Waals surface area contributed by atoms with Gasteiger partial charge < -0.3 is 11.5 Å². The van der Waals surface area contributed by atoms with E-state index in [0.717, 1.165) is 22.2 Å². The lowest BCUT2D eigenvalue weighted by Crippen LogP contribution is -2.46. The molecule has 0 saturated heterocycles. The largest absolute Gasteiger partial charge is 0.329 e. The van der Waals surface area contributed by atoms with Crippen molar-refractivity contribution in [1.82, 2.24) is 9.97 Å². The fourth-order valence-corrected chi connectivity index (χ4v) is 2.06. The highest BCUT2D eigenvalue weighted by molar-refractivity contribution is 6.28. The highest BCUT2D eigenvalue weighted by Gasteiger charge is 2.20. The molecule has 0 amide bonds. The molecule has 96 valence electrons. The number of nitrogens with two attached hydrogens (primary N) is 2. The van der Waals surface area contributed by atoms with Gasteiger partial charge in [-0.25, -0.2) is 9.97 Å². The number of nitrogens with zero attached hydrogens (tertiary/aromatic N) is 2. The third-order valence-electron chi connectivity index (χ3n) is 2.94. The quantitative estimate of drug-likeness (QED) is 0.829. The number of hydrogen-bond donors (Lipinski definition) is 2.